The van der Waals surface area contributed by atoms with Crippen LogP contribution < -0.4 is 23.3 Å². The second-order valence-electron chi connectivity index (χ2n) is 5.75. The summed E-state index contributed by atoms with van der Waals surface area (Å²) in [5, 5.41) is 9.27. The highest BCUT2D eigenvalue weighted by atomic mass is 32.2. The lowest BCUT2D eigenvalue weighted by Gasteiger charge is -2.25. The molecule has 1 heterocycles. The summed E-state index contributed by atoms with van der Waals surface area (Å²) < 4.78 is 48.4. The zero-order valence-corrected chi connectivity index (χ0v) is 16.1. The van der Waals surface area contributed by atoms with Crippen LogP contribution in [0, 0.1) is 0 Å². The van der Waals surface area contributed by atoms with Crippen LogP contribution in [-0.2, 0) is 14.8 Å². The molecule has 2 aromatic rings. The van der Waals surface area contributed by atoms with Crippen LogP contribution >= 0.6 is 0 Å². The molecule has 0 unspecified atom stereocenters. The van der Waals surface area contributed by atoms with E-state index in [1.54, 1.807) is 6.07 Å². The van der Waals surface area contributed by atoms with Crippen molar-refractivity contribution in [1.82, 2.24) is 0 Å². The van der Waals surface area contributed by atoms with E-state index >= 15 is 0 Å². The van der Waals surface area contributed by atoms with Crippen molar-refractivity contribution in [1.29, 1.82) is 0 Å². The molecular weight excluding hydrogens is 390 g/mol. The summed E-state index contributed by atoms with van der Waals surface area (Å²) in [5.41, 5.74) is 0.140. The number of rotatable bonds is 7. The predicted molar refractivity (Wildman–Crippen MR) is 99.1 cm³/mol. The minimum atomic E-state index is -4.21. The van der Waals surface area contributed by atoms with Crippen LogP contribution in [0.3, 0.4) is 0 Å². The van der Waals surface area contributed by atoms with Crippen molar-refractivity contribution in [3.63, 3.8) is 0 Å². The van der Waals surface area contributed by atoms with Gasteiger partial charge in [0, 0.05) is 12.1 Å². The minimum Gasteiger partial charge on any atom is -0.493 e. The van der Waals surface area contributed by atoms with Crippen molar-refractivity contribution in [3.8, 4) is 23.0 Å². The first-order valence-corrected chi connectivity index (χ1v) is 9.67. The Morgan fingerprint density at radius 3 is 2.36 bits per heavy atom. The summed E-state index contributed by atoms with van der Waals surface area (Å²) in [7, 11) is -1.41. The number of benzene rings is 2. The maximum Gasteiger partial charge on any atom is 0.324 e. The van der Waals surface area contributed by atoms with E-state index in [1.807, 2.05) is 0 Å². The Bertz CT molecular complexity index is 989. The fraction of sp³-hybridized carbons (Fsp3) is 0.278. The van der Waals surface area contributed by atoms with E-state index < -0.39 is 22.5 Å². The average molecular weight is 409 g/mol. The van der Waals surface area contributed by atoms with Gasteiger partial charge in [0.25, 0.3) is 10.0 Å². The Balaban J connectivity index is 2.07. The number of hydrogen-bond acceptors (Lipinski definition) is 7. The number of nitrogens with zero attached hydrogens (tertiary/aromatic N) is 1. The molecule has 0 aliphatic carbocycles. The van der Waals surface area contributed by atoms with Gasteiger partial charge < -0.3 is 24.1 Å². The molecule has 0 saturated heterocycles. The van der Waals surface area contributed by atoms with Crippen molar-refractivity contribution in [2.24, 2.45) is 0 Å². The molecular formula is C18H19NO8S. The maximum absolute atomic E-state index is 13.2. The molecule has 10 heteroatoms. The number of carboxylic acid groups (broad SMARTS) is 1. The van der Waals surface area contributed by atoms with Gasteiger partial charge in [0.05, 0.1) is 24.8 Å². The van der Waals surface area contributed by atoms with E-state index in [9.17, 15) is 18.3 Å². The zero-order valence-electron chi connectivity index (χ0n) is 15.2. The number of anilines is 1. The third kappa shape index (κ3) is 3.77. The number of sulfonamides is 1. The van der Waals surface area contributed by atoms with Gasteiger partial charge in [-0.2, -0.15) is 0 Å². The molecule has 1 N–H and O–H groups in total. The van der Waals surface area contributed by atoms with Gasteiger partial charge in [0.15, 0.2) is 23.0 Å². The molecule has 3 rings (SSSR count). The second-order valence-corrected chi connectivity index (χ2v) is 7.61. The molecule has 0 aromatic heterocycles. The Kier molecular flexibility index (Phi) is 5.50. The van der Waals surface area contributed by atoms with Crippen molar-refractivity contribution in [3.05, 3.63) is 36.4 Å². The van der Waals surface area contributed by atoms with Gasteiger partial charge in [-0.3, -0.25) is 9.10 Å². The van der Waals surface area contributed by atoms with Gasteiger partial charge in [-0.15, -0.1) is 0 Å². The van der Waals surface area contributed by atoms with Gasteiger partial charge in [-0.05, 0) is 24.3 Å². The topological polar surface area (TPSA) is 112 Å². The smallest absolute Gasteiger partial charge is 0.324 e. The molecule has 0 atom stereocenters. The summed E-state index contributed by atoms with van der Waals surface area (Å²) in [5.74, 6) is 0.0703. The largest absolute Gasteiger partial charge is 0.493 e. The van der Waals surface area contributed by atoms with Crippen LogP contribution in [0.2, 0.25) is 0 Å². The van der Waals surface area contributed by atoms with Gasteiger partial charge in [-0.1, -0.05) is 0 Å². The predicted octanol–water partition coefficient (Wildman–Crippen LogP) is 1.75. The molecule has 2 aromatic carbocycles. The van der Waals surface area contributed by atoms with Crippen LogP contribution in [0.1, 0.15) is 0 Å². The lowest BCUT2D eigenvalue weighted by atomic mass is 10.2. The maximum atomic E-state index is 13.2. The standard InChI is InChI=1S/C18H19NO8S/c1-24-14-6-4-13(10-16(14)25-2)28(22,23)19(11-18(20)21)12-3-5-15-17(9-12)27-8-7-26-15/h3-6,9-10H,7-8,11H2,1-2H3,(H,20,21). The molecule has 9 nitrogen and oxygen atoms in total. The lowest BCUT2D eigenvalue weighted by Crippen LogP contribution is -2.35. The molecule has 1 aliphatic rings. The third-order valence-corrected chi connectivity index (χ3v) is 5.81. The molecule has 0 saturated carbocycles. The molecule has 28 heavy (non-hydrogen) atoms. The van der Waals surface area contributed by atoms with Crippen LogP contribution in [0.5, 0.6) is 23.0 Å². The summed E-state index contributed by atoms with van der Waals surface area (Å²) in [6.07, 6.45) is 0. The van der Waals surface area contributed by atoms with Crippen molar-refractivity contribution in [2.45, 2.75) is 4.90 Å². The van der Waals surface area contributed by atoms with Crippen molar-refractivity contribution < 1.29 is 37.3 Å². The number of ether oxygens (including phenoxy) is 4. The number of carboxylic acids is 1. The summed E-state index contributed by atoms with van der Waals surface area (Å²) in [4.78, 5) is 11.2. The number of hydrogen-bond donors (Lipinski definition) is 1. The average Bonchev–Trinajstić information content (AvgIpc) is 2.70. The molecule has 0 spiro atoms. The molecule has 0 bridgehead atoms. The fourth-order valence-corrected chi connectivity index (χ4v) is 4.15. The minimum absolute atomic E-state index is 0.138. The number of carbonyl (C=O) groups is 1. The third-order valence-electron chi connectivity index (χ3n) is 4.04. The molecule has 1 aliphatic heterocycles. The van der Waals surface area contributed by atoms with Crippen molar-refractivity contribution in [2.75, 3.05) is 38.3 Å². The van der Waals surface area contributed by atoms with Gasteiger partial charge in [0.2, 0.25) is 0 Å². The quantitative estimate of drug-likeness (QED) is 0.736. The summed E-state index contributed by atoms with van der Waals surface area (Å²) in [6, 6.07) is 8.49. The van der Waals surface area contributed by atoms with Gasteiger partial charge in [0.1, 0.15) is 19.8 Å². The Morgan fingerprint density at radius 1 is 1.04 bits per heavy atom. The Hall–Kier alpha value is -3.14. The first-order valence-electron chi connectivity index (χ1n) is 8.23. The highest BCUT2D eigenvalue weighted by Crippen LogP contribution is 2.37. The zero-order chi connectivity index (χ0) is 20.3. The molecule has 150 valence electrons. The summed E-state index contributed by atoms with van der Waals surface area (Å²) >= 11 is 0. The number of fused-ring (bicyclic) bond motifs is 1. The molecule has 0 fully saturated rings. The van der Waals surface area contributed by atoms with Gasteiger partial charge in [-0.25, -0.2) is 8.42 Å². The van der Waals surface area contributed by atoms with Crippen LogP contribution in [0.4, 0.5) is 5.69 Å². The highest BCUT2D eigenvalue weighted by molar-refractivity contribution is 7.92. The SMILES string of the molecule is COc1ccc(S(=O)(=O)N(CC(=O)O)c2ccc3c(c2)OCCO3)cc1OC. The van der Waals surface area contributed by atoms with Crippen LogP contribution in [-0.4, -0.2) is 53.5 Å². The Morgan fingerprint density at radius 2 is 1.71 bits per heavy atom. The van der Waals surface area contributed by atoms with Crippen molar-refractivity contribution >= 4 is 21.7 Å². The number of aliphatic carboxylic acids is 1. The second kappa shape index (κ2) is 7.85. The van der Waals surface area contributed by atoms with E-state index in [0.29, 0.717) is 30.5 Å². The van der Waals surface area contributed by atoms with E-state index in [2.05, 4.69) is 0 Å². The Labute approximate surface area is 162 Å². The van der Waals surface area contributed by atoms with E-state index in [-0.39, 0.29) is 16.3 Å². The first kappa shape index (κ1) is 19.6. The fourth-order valence-electron chi connectivity index (χ4n) is 2.73. The first-order chi connectivity index (χ1) is 13.4. The van der Waals surface area contributed by atoms with Gasteiger partial charge >= 0.3 is 5.97 Å². The van der Waals surface area contributed by atoms with Crippen LogP contribution in [0.25, 0.3) is 0 Å². The molecule has 0 amide bonds. The normalized spacial score (nSPS) is 12.9. The molecule has 0 radical (unpaired) electrons. The van der Waals surface area contributed by atoms with E-state index in [1.165, 1.54) is 44.6 Å². The monoisotopic (exact) mass is 409 g/mol. The summed E-state index contributed by atoms with van der Waals surface area (Å²) in [6.45, 7) is -0.0662. The number of methoxy groups -OCH3 is 2. The van der Waals surface area contributed by atoms with E-state index in [4.69, 9.17) is 18.9 Å². The lowest BCUT2D eigenvalue weighted by molar-refractivity contribution is -0.135. The van der Waals surface area contributed by atoms with E-state index in [0.717, 1.165) is 4.31 Å². The highest BCUT2D eigenvalue weighted by Gasteiger charge is 2.29. The van der Waals surface area contributed by atoms with Crippen LogP contribution in [0.15, 0.2) is 41.3 Å².